The van der Waals surface area contributed by atoms with Crippen molar-refractivity contribution in [3.05, 3.63) is 120 Å². The molecule has 0 aliphatic carbocycles. The summed E-state index contributed by atoms with van der Waals surface area (Å²) in [6.07, 6.45) is 1.51. The third-order valence-electron chi connectivity index (χ3n) is 8.33. The molecule has 0 unspecified atom stereocenters. The lowest BCUT2D eigenvalue weighted by atomic mass is 9.96. The van der Waals surface area contributed by atoms with Gasteiger partial charge in [0.1, 0.15) is 22.5 Å². The van der Waals surface area contributed by atoms with Crippen LogP contribution in [0.3, 0.4) is 0 Å². The van der Waals surface area contributed by atoms with E-state index in [-0.39, 0.29) is 28.2 Å². The van der Waals surface area contributed by atoms with Gasteiger partial charge in [-0.25, -0.2) is 9.78 Å². The number of nitrogens with one attached hydrogen (secondary N) is 2. The van der Waals surface area contributed by atoms with Gasteiger partial charge < -0.3 is 25.0 Å². The Hall–Kier alpha value is -5.13. The van der Waals surface area contributed by atoms with Crippen LogP contribution < -0.4 is 10.1 Å². The van der Waals surface area contributed by atoms with Gasteiger partial charge in [-0.15, -0.1) is 0 Å². The van der Waals surface area contributed by atoms with Crippen LogP contribution in [0.5, 0.6) is 5.75 Å². The van der Waals surface area contributed by atoms with Crippen molar-refractivity contribution in [2.75, 3.05) is 33.3 Å². The first-order valence-electron chi connectivity index (χ1n) is 15.3. The van der Waals surface area contributed by atoms with E-state index >= 15 is 0 Å². The standard InChI is InChI=1S/C36H35N5O5S/c1-23(35(43)41-20-18-40(19-21-41)31(24-10-5-3-6-11-24)25-12-7-4-8-13-25)38-33(42)30-32(28-22-26(46-2)15-16-29(28)39-30)47-34-27(36(44)45)14-9-17-37-34/h3-17,22-23,31,39H,18-21H2,1-2H3,(H,38,42)(H,44,45)/t23-/m1/s1. The second kappa shape index (κ2) is 14.1. The van der Waals surface area contributed by atoms with Crippen LogP contribution in [0, 0.1) is 0 Å². The average Bonchev–Trinajstić information content (AvgIpc) is 3.47. The van der Waals surface area contributed by atoms with Crippen LogP contribution in [0.2, 0.25) is 0 Å². The molecule has 3 aromatic carbocycles. The van der Waals surface area contributed by atoms with E-state index in [1.807, 2.05) is 36.4 Å². The van der Waals surface area contributed by atoms with E-state index in [0.29, 0.717) is 47.7 Å². The lowest BCUT2D eigenvalue weighted by Gasteiger charge is -2.40. The van der Waals surface area contributed by atoms with Crippen molar-refractivity contribution in [1.82, 2.24) is 25.1 Å². The molecule has 240 valence electrons. The molecule has 47 heavy (non-hydrogen) atoms. The Labute approximate surface area is 276 Å². The van der Waals surface area contributed by atoms with E-state index < -0.39 is 17.9 Å². The van der Waals surface area contributed by atoms with Crippen molar-refractivity contribution < 1.29 is 24.2 Å². The van der Waals surface area contributed by atoms with E-state index in [0.717, 1.165) is 11.8 Å². The molecule has 1 aliphatic heterocycles. The highest BCUT2D eigenvalue weighted by molar-refractivity contribution is 7.99. The van der Waals surface area contributed by atoms with Gasteiger partial charge in [-0.3, -0.25) is 14.5 Å². The zero-order valence-electron chi connectivity index (χ0n) is 26.1. The van der Waals surface area contributed by atoms with Gasteiger partial charge in [-0.1, -0.05) is 72.4 Å². The predicted molar refractivity (Wildman–Crippen MR) is 180 cm³/mol. The largest absolute Gasteiger partial charge is 0.497 e. The fourth-order valence-electron chi connectivity index (χ4n) is 5.96. The molecule has 2 aromatic heterocycles. The van der Waals surface area contributed by atoms with E-state index in [2.05, 4.69) is 44.5 Å². The normalized spacial score (nSPS) is 14.2. The zero-order valence-corrected chi connectivity index (χ0v) is 26.9. The molecule has 0 radical (unpaired) electrons. The molecule has 1 fully saturated rings. The molecule has 10 nitrogen and oxygen atoms in total. The first-order valence-corrected chi connectivity index (χ1v) is 16.1. The number of methoxy groups -OCH3 is 1. The number of carboxylic acid groups (broad SMARTS) is 1. The Bertz CT molecular complexity index is 1850. The molecule has 5 aromatic rings. The molecule has 0 spiro atoms. The number of aromatic amines is 1. The maximum absolute atomic E-state index is 13.7. The molecule has 3 N–H and O–H groups in total. The summed E-state index contributed by atoms with van der Waals surface area (Å²) in [7, 11) is 1.55. The first-order chi connectivity index (χ1) is 22.8. The molecular weight excluding hydrogens is 614 g/mol. The number of carboxylic acids is 1. The van der Waals surface area contributed by atoms with Gasteiger partial charge in [0.2, 0.25) is 5.91 Å². The number of pyridine rings is 1. The molecule has 0 saturated carbocycles. The lowest BCUT2D eigenvalue weighted by molar-refractivity contribution is -0.134. The number of amides is 2. The summed E-state index contributed by atoms with van der Waals surface area (Å²) < 4.78 is 5.41. The smallest absolute Gasteiger partial charge is 0.338 e. The number of benzene rings is 3. The molecule has 3 heterocycles. The number of ether oxygens (including phenoxy) is 1. The molecule has 1 atom stereocenters. The highest BCUT2D eigenvalue weighted by Gasteiger charge is 2.31. The minimum absolute atomic E-state index is 0.0190. The number of rotatable bonds is 10. The van der Waals surface area contributed by atoms with E-state index in [9.17, 15) is 19.5 Å². The number of H-pyrrole nitrogens is 1. The summed E-state index contributed by atoms with van der Waals surface area (Å²) in [5.41, 5.74) is 3.28. The summed E-state index contributed by atoms with van der Waals surface area (Å²) >= 11 is 1.08. The minimum atomic E-state index is -1.12. The molecule has 1 saturated heterocycles. The van der Waals surface area contributed by atoms with Gasteiger partial charge in [0.05, 0.1) is 23.6 Å². The molecule has 6 rings (SSSR count). The highest BCUT2D eigenvalue weighted by Crippen LogP contribution is 2.39. The fraction of sp³-hybridized carbons (Fsp3) is 0.222. The number of carbonyl (C=O) groups excluding carboxylic acids is 2. The second-order valence-electron chi connectivity index (χ2n) is 11.3. The van der Waals surface area contributed by atoms with E-state index in [1.54, 1.807) is 43.2 Å². The number of piperazine rings is 1. The van der Waals surface area contributed by atoms with Gasteiger partial charge in [-0.2, -0.15) is 0 Å². The minimum Gasteiger partial charge on any atom is -0.497 e. The Morgan fingerprint density at radius 2 is 1.57 bits per heavy atom. The van der Waals surface area contributed by atoms with Crippen molar-refractivity contribution in [2.45, 2.75) is 28.9 Å². The quantitative estimate of drug-likeness (QED) is 0.182. The van der Waals surface area contributed by atoms with Crippen molar-refractivity contribution in [2.24, 2.45) is 0 Å². The van der Waals surface area contributed by atoms with Crippen LogP contribution in [-0.2, 0) is 4.79 Å². The number of hydrogen-bond donors (Lipinski definition) is 3. The summed E-state index contributed by atoms with van der Waals surface area (Å²) in [5, 5.41) is 13.5. The maximum Gasteiger partial charge on any atom is 0.338 e. The number of carbonyl (C=O) groups is 3. The lowest BCUT2D eigenvalue weighted by Crippen LogP contribution is -2.54. The second-order valence-corrected chi connectivity index (χ2v) is 12.3. The van der Waals surface area contributed by atoms with Gasteiger partial charge >= 0.3 is 5.97 Å². The van der Waals surface area contributed by atoms with Crippen LogP contribution in [0.4, 0.5) is 0 Å². The van der Waals surface area contributed by atoms with Gasteiger partial charge in [0, 0.05) is 43.3 Å². The third-order valence-corrected chi connectivity index (χ3v) is 9.47. The molecule has 1 aliphatic rings. The van der Waals surface area contributed by atoms with E-state index in [4.69, 9.17) is 4.74 Å². The third kappa shape index (κ3) is 6.86. The van der Waals surface area contributed by atoms with Crippen LogP contribution >= 0.6 is 11.8 Å². The van der Waals surface area contributed by atoms with Crippen LogP contribution in [0.15, 0.2) is 107 Å². The summed E-state index contributed by atoms with van der Waals surface area (Å²) in [5.74, 6) is -1.20. The Morgan fingerprint density at radius 1 is 0.915 bits per heavy atom. The maximum atomic E-state index is 13.7. The fourth-order valence-corrected chi connectivity index (χ4v) is 7.06. The monoisotopic (exact) mass is 649 g/mol. The number of aromatic carboxylic acids is 1. The number of fused-ring (bicyclic) bond motifs is 1. The van der Waals surface area contributed by atoms with Gasteiger partial charge in [0.15, 0.2) is 0 Å². The SMILES string of the molecule is COc1ccc2[nH]c(C(=O)N[C@H](C)C(=O)N3CCN(C(c4ccccc4)c4ccccc4)CC3)c(Sc3ncccc3C(=O)O)c2c1. The van der Waals surface area contributed by atoms with Crippen LogP contribution in [-0.4, -0.2) is 82.0 Å². The van der Waals surface area contributed by atoms with Crippen LogP contribution in [0.25, 0.3) is 10.9 Å². The zero-order chi connectivity index (χ0) is 32.9. The van der Waals surface area contributed by atoms with Gasteiger partial charge in [-0.05, 0) is 48.4 Å². The Morgan fingerprint density at radius 3 is 2.19 bits per heavy atom. The Balaban J connectivity index is 1.18. The van der Waals surface area contributed by atoms with Crippen LogP contribution in [0.1, 0.15) is 44.9 Å². The van der Waals surface area contributed by atoms with Gasteiger partial charge in [0.25, 0.3) is 5.91 Å². The highest BCUT2D eigenvalue weighted by atomic mass is 32.2. The number of hydrogen-bond acceptors (Lipinski definition) is 7. The molecule has 0 bridgehead atoms. The summed E-state index contributed by atoms with van der Waals surface area (Å²) in [4.78, 5) is 51.4. The summed E-state index contributed by atoms with van der Waals surface area (Å²) in [6.45, 7) is 4.10. The molecule has 2 amide bonds. The number of aromatic nitrogens is 2. The van der Waals surface area contributed by atoms with Crippen molar-refractivity contribution in [3.63, 3.8) is 0 Å². The average molecular weight is 650 g/mol. The topological polar surface area (TPSA) is 128 Å². The predicted octanol–water partition coefficient (Wildman–Crippen LogP) is 5.47. The van der Waals surface area contributed by atoms with E-state index in [1.165, 1.54) is 23.4 Å². The van der Waals surface area contributed by atoms with Crippen molar-refractivity contribution in [1.29, 1.82) is 0 Å². The summed E-state index contributed by atoms with van der Waals surface area (Å²) in [6, 6.07) is 28.4. The van der Waals surface area contributed by atoms with Crippen molar-refractivity contribution >= 4 is 40.4 Å². The molecule has 11 heteroatoms. The Kier molecular flexibility index (Phi) is 9.55. The first kappa shape index (κ1) is 31.8. The molecular formula is C36H35N5O5S. The number of nitrogens with zero attached hydrogens (tertiary/aromatic N) is 3. The van der Waals surface area contributed by atoms with Crippen molar-refractivity contribution in [3.8, 4) is 5.75 Å².